The second kappa shape index (κ2) is 11.1. The van der Waals surface area contributed by atoms with Crippen molar-refractivity contribution in [2.24, 2.45) is 11.3 Å². The van der Waals surface area contributed by atoms with Crippen molar-refractivity contribution in [1.82, 2.24) is 9.97 Å². The van der Waals surface area contributed by atoms with Gasteiger partial charge in [-0.05, 0) is 43.9 Å². The summed E-state index contributed by atoms with van der Waals surface area (Å²) in [6.45, 7) is 0.777. The average Bonchev–Trinajstić information content (AvgIpc) is 3.63. The van der Waals surface area contributed by atoms with Crippen LogP contribution in [0.3, 0.4) is 0 Å². The molecule has 1 aliphatic heterocycles. The van der Waals surface area contributed by atoms with Crippen LogP contribution in [0, 0.1) is 22.7 Å². The third kappa shape index (κ3) is 6.18. The predicted molar refractivity (Wildman–Crippen MR) is 153 cm³/mol. The van der Waals surface area contributed by atoms with Crippen LogP contribution in [0.5, 0.6) is 0 Å². The molecule has 1 saturated heterocycles. The Hall–Kier alpha value is -3.72. The number of hydrogen-bond acceptors (Lipinski definition) is 8. The van der Waals surface area contributed by atoms with Crippen LogP contribution in [0.25, 0.3) is 22.7 Å². The van der Waals surface area contributed by atoms with Gasteiger partial charge in [-0.2, -0.15) is 18.4 Å². The lowest BCUT2D eigenvalue weighted by molar-refractivity contribution is -0.137. The highest BCUT2D eigenvalue weighted by molar-refractivity contribution is 7.91. The van der Waals surface area contributed by atoms with Gasteiger partial charge in [0.1, 0.15) is 17.2 Å². The van der Waals surface area contributed by atoms with Gasteiger partial charge in [0, 0.05) is 55.0 Å². The highest BCUT2D eigenvalue weighted by Gasteiger charge is 2.47. The molecule has 0 N–H and O–H groups in total. The summed E-state index contributed by atoms with van der Waals surface area (Å²) < 4.78 is 70.4. The summed E-state index contributed by atoms with van der Waals surface area (Å²) in [5.41, 5.74) is 0.548. The van der Waals surface area contributed by atoms with Crippen LogP contribution in [-0.2, 0) is 20.8 Å². The van der Waals surface area contributed by atoms with Gasteiger partial charge in [0.2, 0.25) is 5.89 Å². The SMILES string of the molecule is N#CC1(CC(=O)[C@@H]2CCCC[C@H]2c2oc(-c3cncc(C(F)(F)F)c3)nc2-c2ccc(N3CCS(=O)(=O)CC3)cc2)CC1. The largest absolute Gasteiger partial charge is 0.440 e. The van der Waals surface area contributed by atoms with Crippen LogP contribution < -0.4 is 4.90 Å². The maximum Gasteiger partial charge on any atom is 0.417 e. The van der Waals surface area contributed by atoms with Crippen molar-refractivity contribution >= 4 is 21.3 Å². The van der Waals surface area contributed by atoms with E-state index in [1.165, 1.54) is 6.20 Å². The number of nitrogens with zero attached hydrogens (tertiary/aromatic N) is 4. The minimum absolute atomic E-state index is 0.0126. The Labute approximate surface area is 247 Å². The summed E-state index contributed by atoms with van der Waals surface area (Å²) in [4.78, 5) is 24.0. The fraction of sp³-hybridized carbons (Fsp3) is 0.484. The molecule has 2 aromatic heterocycles. The number of alkyl halides is 3. The molecule has 12 heteroatoms. The number of sulfone groups is 1. The molecule has 0 bridgehead atoms. The molecule has 226 valence electrons. The normalized spacial score (nSPS) is 23.0. The number of anilines is 1. The Kier molecular flexibility index (Phi) is 7.57. The molecule has 3 aliphatic rings. The molecular weight excluding hydrogens is 581 g/mol. The highest BCUT2D eigenvalue weighted by Crippen LogP contribution is 2.51. The van der Waals surface area contributed by atoms with Crippen LogP contribution >= 0.6 is 0 Å². The molecule has 3 heterocycles. The number of hydrogen-bond donors (Lipinski definition) is 0. The maximum absolute atomic E-state index is 13.5. The Balaban J connectivity index is 1.37. The quantitative estimate of drug-likeness (QED) is 0.310. The summed E-state index contributed by atoms with van der Waals surface area (Å²) >= 11 is 0. The molecule has 0 spiro atoms. The molecule has 2 aliphatic carbocycles. The number of aromatic nitrogens is 2. The van der Waals surface area contributed by atoms with Gasteiger partial charge in [0.25, 0.3) is 0 Å². The number of ketones is 1. The number of carbonyl (C=O) groups excluding carboxylic acids is 1. The zero-order valence-electron chi connectivity index (χ0n) is 23.4. The third-order valence-electron chi connectivity index (χ3n) is 8.94. The minimum atomic E-state index is -4.59. The van der Waals surface area contributed by atoms with Crippen molar-refractivity contribution < 1.29 is 30.8 Å². The van der Waals surface area contributed by atoms with Gasteiger partial charge < -0.3 is 9.32 Å². The van der Waals surface area contributed by atoms with Crippen molar-refractivity contribution in [3.8, 4) is 28.8 Å². The fourth-order valence-corrected chi connectivity index (χ4v) is 7.40. The van der Waals surface area contributed by atoms with Gasteiger partial charge >= 0.3 is 6.18 Å². The number of nitriles is 1. The van der Waals surface area contributed by atoms with E-state index < -0.39 is 27.0 Å². The summed E-state index contributed by atoms with van der Waals surface area (Å²) in [5.74, 6) is -0.0954. The van der Waals surface area contributed by atoms with Crippen LogP contribution in [0.2, 0.25) is 0 Å². The lowest BCUT2D eigenvalue weighted by Gasteiger charge is -2.30. The number of halogens is 3. The number of carbonyl (C=O) groups is 1. The van der Waals surface area contributed by atoms with E-state index in [2.05, 4.69) is 16.0 Å². The molecule has 6 rings (SSSR count). The molecule has 43 heavy (non-hydrogen) atoms. The Bertz CT molecular complexity index is 1660. The molecule has 2 saturated carbocycles. The third-order valence-corrected chi connectivity index (χ3v) is 10.5. The van der Waals surface area contributed by atoms with Gasteiger partial charge in [-0.1, -0.05) is 25.0 Å². The average molecular weight is 613 g/mol. The first-order chi connectivity index (χ1) is 20.5. The maximum atomic E-state index is 13.5. The zero-order chi connectivity index (χ0) is 30.4. The number of benzene rings is 1. The standard InChI is InChI=1S/C31H31F3N4O4S/c32-31(33,34)22-15-21(17-36-18-22)29-37-27(20-5-7-23(8-6-20)38-11-13-43(40,41)14-12-38)28(42-29)25-4-2-1-3-24(25)26(39)16-30(19-35)9-10-30/h5-8,15,17-18,24-25H,1-4,9-14,16H2/t24-,25-/m1/s1. The first kappa shape index (κ1) is 29.4. The lowest BCUT2D eigenvalue weighted by atomic mass is 9.73. The summed E-state index contributed by atoms with van der Waals surface area (Å²) in [6, 6.07) is 10.7. The molecule has 0 unspecified atom stereocenters. The summed E-state index contributed by atoms with van der Waals surface area (Å²) in [7, 11) is -3.04. The van der Waals surface area contributed by atoms with E-state index in [0.29, 0.717) is 55.8 Å². The van der Waals surface area contributed by atoms with E-state index in [1.807, 2.05) is 29.2 Å². The monoisotopic (exact) mass is 612 g/mol. The summed E-state index contributed by atoms with van der Waals surface area (Å²) in [6.07, 6.45) is 2.05. The number of oxazole rings is 1. The molecule has 2 atom stereocenters. The second-order valence-electron chi connectivity index (χ2n) is 11.9. The molecule has 8 nitrogen and oxygen atoms in total. The van der Waals surface area contributed by atoms with E-state index in [1.54, 1.807) is 0 Å². The smallest absolute Gasteiger partial charge is 0.417 e. The van der Waals surface area contributed by atoms with Crippen molar-refractivity contribution in [2.75, 3.05) is 29.5 Å². The van der Waals surface area contributed by atoms with Crippen LogP contribution in [0.15, 0.2) is 47.1 Å². The molecular formula is C31H31F3N4O4S. The van der Waals surface area contributed by atoms with E-state index >= 15 is 0 Å². The van der Waals surface area contributed by atoms with Crippen LogP contribution in [-0.4, -0.2) is 48.8 Å². The van der Waals surface area contributed by atoms with E-state index in [0.717, 1.165) is 30.8 Å². The first-order valence-electron chi connectivity index (χ1n) is 14.5. The van der Waals surface area contributed by atoms with E-state index in [4.69, 9.17) is 4.42 Å². The first-order valence-corrected chi connectivity index (χ1v) is 16.3. The number of Topliss-reactive ketones (excluding diaryl/α,β-unsaturated/α-hetero) is 1. The van der Waals surface area contributed by atoms with E-state index in [-0.39, 0.29) is 47.0 Å². The number of rotatable bonds is 7. The van der Waals surface area contributed by atoms with E-state index in [9.17, 15) is 31.6 Å². The van der Waals surface area contributed by atoms with Gasteiger partial charge in [-0.3, -0.25) is 9.78 Å². The van der Waals surface area contributed by atoms with Gasteiger partial charge in [-0.15, -0.1) is 0 Å². The summed E-state index contributed by atoms with van der Waals surface area (Å²) in [5, 5.41) is 9.58. The van der Waals surface area contributed by atoms with Crippen molar-refractivity contribution in [3.63, 3.8) is 0 Å². The minimum Gasteiger partial charge on any atom is -0.440 e. The Morgan fingerprint density at radius 1 is 1.07 bits per heavy atom. The molecule has 3 aromatic rings. The highest BCUT2D eigenvalue weighted by atomic mass is 32.2. The molecule has 3 fully saturated rings. The van der Waals surface area contributed by atoms with Gasteiger partial charge in [-0.25, -0.2) is 13.4 Å². The lowest BCUT2D eigenvalue weighted by Crippen LogP contribution is -2.40. The molecule has 1 aromatic carbocycles. The Morgan fingerprint density at radius 3 is 2.42 bits per heavy atom. The van der Waals surface area contributed by atoms with Gasteiger partial charge in [0.15, 0.2) is 9.84 Å². The van der Waals surface area contributed by atoms with Gasteiger partial charge in [0.05, 0.1) is 34.1 Å². The van der Waals surface area contributed by atoms with Crippen LogP contribution in [0.4, 0.5) is 18.9 Å². The zero-order valence-corrected chi connectivity index (χ0v) is 24.3. The van der Waals surface area contributed by atoms with Crippen molar-refractivity contribution in [3.05, 3.63) is 54.0 Å². The molecule has 0 amide bonds. The van der Waals surface area contributed by atoms with Crippen molar-refractivity contribution in [2.45, 2.75) is 57.0 Å². The predicted octanol–water partition coefficient (Wildman–Crippen LogP) is 6.19. The number of pyridine rings is 1. The second-order valence-corrected chi connectivity index (χ2v) is 14.2. The van der Waals surface area contributed by atoms with Crippen LogP contribution in [0.1, 0.15) is 62.2 Å². The van der Waals surface area contributed by atoms with Crippen molar-refractivity contribution in [1.29, 1.82) is 5.26 Å². The fourth-order valence-electron chi connectivity index (χ4n) is 6.20. The molecule has 0 radical (unpaired) electrons. The topological polar surface area (TPSA) is 117 Å². The Morgan fingerprint density at radius 2 is 1.77 bits per heavy atom.